The molecule has 0 saturated carbocycles. The lowest BCUT2D eigenvalue weighted by atomic mass is 10.1. The summed E-state index contributed by atoms with van der Waals surface area (Å²) in [6.07, 6.45) is 2.64. The number of urea groups is 1. The number of ether oxygens (including phenoxy) is 1. The number of nitrogens with zero attached hydrogens (tertiary/aromatic N) is 1. The molecule has 3 N–H and O–H groups in total. The zero-order valence-corrected chi connectivity index (χ0v) is 16.1. The van der Waals surface area contributed by atoms with Crippen molar-refractivity contribution in [3.05, 3.63) is 63.7 Å². The highest BCUT2D eigenvalue weighted by molar-refractivity contribution is 6.07. The van der Waals surface area contributed by atoms with E-state index in [2.05, 4.69) is 10.6 Å². The molecule has 0 heterocycles. The molecular formula is C20H21N3O6. The SMILES string of the molecule is COc1cc(/C=C/C(=O)c2ccc(NC(=O)NC(C)C)cc2)cc([N+](=O)[O-])c1O. The minimum Gasteiger partial charge on any atom is -0.500 e. The maximum atomic E-state index is 12.3. The molecule has 2 rings (SSSR count). The third kappa shape index (κ3) is 5.80. The summed E-state index contributed by atoms with van der Waals surface area (Å²) in [6, 6.07) is 8.46. The van der Waals surface area contributed by atoms with Crippen LogP contribution in [0.25, 0.3) is 6.08 Å². The highest BCUT2D eigenvalue weighted by Gasteiger charge is 2.19. The number of phenolic OH excluding ortho intramolecular Hbond substituents is 1. The number of allylic oxidation sites excluding steroid dienone is 1. The number of hydrogen-bond donors (Lipinski definition) is 3. The molecule has 9 heteroatoms. The van der Waals surface area contributed by atoms with Crippen LogP contribution in [0.1, 0.15) is 29.8 Å². The Balaban J connectivity index is 2.14. The number of ketones is 1. The summed E-state index contributed by atoms with van der Waals surface area (Å²) in [4.78, 5) is 34.3. The first kappa shape index (κ1) is 21.4. The molecule has 0 radical (unpaired) electrons. The van der Waals surface area contributed by atoms with Gasteiger partial charge in [0.2, 0.25) is 5.75 Å². The molecule has 0 fully saturated rings. The summed E-state index contributed by atoms with van der Waals surface area (Å²) in [5.74, 6) is -0.982. The molecule has 0 aromatic heterocycles. The van der Waals surface area contributed by atoms with Gasteiger partial charge >= 0.3 is 11.7 Å². The number of carbonyl (C=O) groups excluding carboxylic acids is 2. The van der Waals surface area contributed by atoms with Gasteiger partial charge in [-0.2, -0.15) is 0 Å². The van der Waals surface area contributed by atoms with Crippen LogP contribution in [0.5, 0.6) is 11.5 Å². The summed E-state index contributed by atoms with van der Waals surface area (Å²) in [7, 11) is 1.27. The largest absolute Gasteiger partial charge is 0.500 e. The van der Waals surface area contributed by atoms with Crippen LogP contribution in [0, 0.1) is 10.1 Å². The van der Waals surface area contributed by atoms with Crippen molar-refractivity contribution >= 4 is 29.3 Å². The van der Waals surface area contributed by atoms with E-state index in [4.69, 9.17) is 4.74 Å². The zero-order valence-electron chi connectivity index (χ0n) is 16.1. The highest BCUT2D eigenvalue weighted by Crippen LogP contribution is 2.37. The van der Waals surface area contributed by atoms with E-state index in [1.54, 1.807) is 24.3 Å². The van der Waals surface area contributed by atoms with Gasteiger partial charge in [0.15, 0.2) is 11.5 Å². The Morgan fingerprint density at radius 3 is 2.41 bits per heavy atom. The maximum absolute atomic E-state index is 12.3. The summed E-state index contributed by atoms with van der Waals surface area (Å²) in [5.41, 5.74) is 0.703. The number of aromatic hydroxyl groups is 1. The standard InChI is InChI=1S/C20H21N3O6/c1-12(2)21-20(26)22-15-7-5-14(6-8-15)17(24)9-4-13-10-16(23(27)28)19(25)18(11-13)29-3/h4-12,25H,1-3H3,(H2,21,22,26)/b9-4+. The smallest absolute Gasteiger partial charge is 0.319 e. The molecule has 0 unspecified atom stereocenters. The van der Waals surface area contributed by atoms with Gasteiger partial charge in [0.05, 0.1) is 12.0 Å². The molecule has 2 aromatic rings. The van der Waals surface area contributed by atoms with Crippen LogP contribution >= 0.6 is 0 Å². The average Bonchev–Trinajstić information content (AvgIpc) is 2.66. The van der Waals surface area contributed by atoms with Crippen molar-refractivity contribution in [2.75, 3.05) is 12.4 Å². The lowest BCUT2D eigenvalue weighted by molar-refractivity contribution is -0.386. The molecule has 0 bridgehead atoms. The van der Waals surface area contributed by atoms with E-state index in [1.807, 2.05) is 13.8 Å². The number of rotatable bonds is 7. The summed E-state index contributed by atoms with van der Waals surface area (Å²) >= 11 is 0. The number of nitro benzene ring substituents is 1. The second-order valence-electron chi connectivity index (χ2n) is 6.38. The first-order chi connectivity index (χ1) is 13.7. The van der Waals surface area contributed by atoms with Gasteiger partial charge in [0.25, 0.3) is 0 Å². The maximum Gasteiger partial charge on any atom is 0.319 e. The van der Waals surface area contributed by atoms with Crippen molar-refractivity contribution in [3.63, 3.8) is 0 Å². The van der Waals surface area contributed by atoms with Gasteiger partial charge in [-0.3, -0.25) is 14.9 Å². The van der Waals surface area contributed by atoms with E-state index in [9.17, 15) is 24.8 Å². The molecule has 0 aliphatic rings. The van der Waals surface area contributed by atoms with Gasteiger partial charge in [-0.25, -0.2) is 4.79 Å². The van der Waals surface area contributed by atoms with E-state index in [0.29, 0.717) is 16.8 Å². The molecule has 0 aliphatic carbocycles. The van der Waals surface area contributed by atoms with E-state index >= 15 is 0 Å². The van der Waals surface area contributed by atoms with Crippen molar-refractivity contribution in [1.82, 2.24) is 5.32 Å². The Bertz CT molecular complexity index is 951. The van der Waals surface area contributed by atoms with Gasteiger partial charge in [0.1, 0.15) is 0 Å². The molecule has 0 spiro atoms. The average molecular weight is 399 g/mol. The normalized spacial score (nSPS) is 10.8. The number of carbonyl (C=O) groups is 2. The minimum atomic E-state index is -0.738. The Morgan fingerprint density at radius 2 is 1.86 bits per heavy atom. The van der Waals surface area contributed by atoms with Crippen molar-refractivity contribution in [2.24, 2.45) is 0 Å². The number of methoxy groups -OCH3 is 1. The van der Waals surface area contributed by atoms with Gasteiger partial charge in [-0.05, 0) is 55.8 Å². The number of amides is 2. The van der Waals surface area contributed by atoms with E-state index < -0.39 is 16.4 Å². The van der Waals surface area contributed by atoms with Gasteiger partial charge < -0.3 is 20.5 Å². The van der Waals surface area contributed by atoms with Crippen molar-refractivity contribution < 1.29 is 24.4 Å². The summed E-state index contributed by atoms with van der Waals surface area (Å²) in [5, 5.41) is 26.2. The van der Waals surface area contributed by atoms with Crippen LogP contribution in [-0.4, -0.2) is 35.0 Å². The molecule has 2 aromatic carbocycles. The van der Waals surface area contributed by atoms with Crippen LogP contribution in [0.15, 0.2) is 42.5 Å². The number of phenols is 1. The molecule has 0 saturated heterocycles. The van der Waals surface area contributed by atoms with Crippen LogP contribution in [-0.2, 0) is 0 Å². The highest BCUT2D eigenvalue weighted by atomic mass is 16.6. The predicted molar refractivity (Wildman–Crippen MR) is 108 cm³/mol. The lowest BCUT2D eigenvalue weighted by Crippen LogP contribution is -2.34. The molecular weight excluding hydrogens is 378 g/mol. The van der Waals surface area contributed by atoms with Crippen molar-refractivity contribution in [2.45, 2.75) is 19.9 Å². The van der Waals surface area contributed by atoms with Crippen molar-refractivity contribution in [1.29, 1.82) is 0 Å². The monoisotopic (exact) mass is 399 g/mol. The molecule has 152 valence electrons. The van der Waals surface area contributed by atoms with Crippen LogP contribution in [0.3, 0.4) is 0 Å². The molecule has 0 atom stereocenters. The minimum absolute atomic E-state index is 0.00432. The van der Waals surface area contributed by atoms with Crippen molar-refractivity contribution in [3.8, 4) is 11.5 Å². The van der Waals surface area contributed by atoms with Gasteiger partial charge in [-0.1, -0.05) is 6.08 Å². The topological polar surface area (TPSA) is 131 Å². The van der Waals surface area contributed by atoms with Gasteiger partial charge in [-0.15, -0.1) is 0 Å². The van der Waals surface area contributed by atoms with Gasteiger partial charge in [0, 0.05) is 23.4 Å². The Labute approximate surface area is 167 Å². The number of anilines is 1. The first-order valence-electron chi connectivity index (χ1n) is 8.66. The number of benzene rings is 2. The van der Waals surface area contributed by atoms with Crippen LogP contribution < -0.4 is 15.4 Å². The number of nitrogens with one attached hydrogen (secondary N) is 2. The number of hydrogen-bond acceptors (Lipinski definition) is 6. The summed E-state index contributed by atoms with van der Waals surface area (Å²) in [6.45, 7) is 3.68. The Hall–Kier alpha value is -3.88. The molecule has 2 amide bonds. The number of nitro groups is 1. The molecule has 0 aliphatic heterocycles. The fraction of sp³-hybridized carbons (Fsp3) is 0.200. The Morgan fingerprint density at radius 1 is 1.21 bits per heavy atom. The van der Waals surface area contributed by atoms with E-state index in [0.717, 1.165) is 6.07 Å². The summed E-state index contributed by atoms with van der Waals surface area (Å²) < 4.78 is 4.92. The second-order valence-corrected chi connectivity index (χ2v) is 6.38. The fourth-order valence-electron chi connectivity index (χ4n) is 2.42. The van der Waals surface area contributed by atoms with Crippen LogP contribution in [0.4, 0.5) is 16.2 Å². The van der Waals surface area contributed by atoms with Crippen LogP contribution in [0.2, 0.25) is 0 Å². The molecule has 29 heavy (non-hydrogen) atoms. The fourth-order valence-corrected chi connectivity index (χ4v) is 2.42. The third-order valence-electron chi connectivity index (χ3n) is 3.77. The lowest BCUT2D eigenvalue weighted by Gasteiger charge is -2.10. The van der Waals surface area contributed by atoms with E-state index in [-0.39, 0.29) is 23.6 Å². The molecule has 9 nitrogen and oxygen atoms in total. The van der Waals surface area contributed by atoms with E-state index in [1.165, 1.54) is 25.3 Å². The third-order valence-corrected chi connectivity index (χ3v) is 3.77. The quantitative estimate of drug-likeness (QED) is 0.281. The first-order valence-corrected chi connectivity index (χ1v) is 8.66. The zero-order chi connectivity index (χ0) is 21.6. The predicted octanol–water partition coefficient (Wildman–Crippen LogP) is 3.74. The second kappa shape index (κ2) is 9.36. The Kier molecular flexibility index (Phi) is 6.91.